The molecule has 2 aromatic heterocycles. The van der Waals surface area contributed by atoms with Gasteiger partial charge in [-0.2, -0.15) is 0 Å². The second kappa shape index (κ2) is 8.60. The molecule has 0 saturated carbocycles. The van der Waals surface area contributed by atoms with Crippen LogP contribution >= 0.6 is 11.3 Å². The molecule has 3 aromatic rings. The summed E-state index contributed by atoms with van der Waals surface area (Å²) in [5.74, 6) is 2.39. The van der Waals surface area contributed by atoms with E-state index >= 15 is 0 Å². The zero-order valence-electron chi connectivity index (χ0n) is 16.9. The van der Waals surface area contributed by atoms with Crippen molar-refractivity contribution in [2.24, 2.45) is 4.99 Å². The second-order valence-electron chi connectivity index (χ2n) is 6.90. The van der Waals surface area contributed by atoms with Crippen molar-refractivity contribution in [3.05, 3.63) is 41.7 Å². The monoisotopic (exact) mass is 414 g/mol. The first-order valence-corrected chi connectivity index (χ1v) is 10.4. The number of thiazole rings is 1. The molecule has 0 amide bonds. The Morgan fingerprint density at radius 2 is 2.07 bits per heavy atom. The molecule has 1 unspecified atom stereocenters. The van der Waals surface area contributed by atoms with E-state index in [0.717, 1.165) is 53.3 Å². The molecule has 0 bridgehead atoms. The molecule has 2 N–H and O–H groups in total. The van der Waals surface area contributed by atoms with E-state index in [4.69, 9.17) is 9.47 Å². The zero-order chi connectivity index (χ0) is 20.2. The molecule has 0 radical (unpaired) electrons. The summed E-state index contributed by atoms with van der Waals surface area (Å²) in [5, 5.41) is 8.92. The molecule has 0 spiro atoms. The Balaban J connectivity index is 1.34. The highest BCUT2D eigenvalue weighted by molar-refractivity contribution is 7.15. The third-order valence-electron chi connectivity index (χ3n) is 5.03. The summed E-state index contributed by atoms with van der Waals surface area (Å²) in [4.78, 5) is 12.3. The first-order chi connectivity index (χ1) is 14.2. The largest absolute Gasteiger partial charge is 0.497 e. The Kier molecular flexibility index (Phi) is 5.75. The fraction of sp³-hybridized carbons (Fsp3) is 0.400. The van der Waals surface area contributed by atoms with Gasteiger partial charge in [-0.15, -0.1) is 11.3 Å². The summed E-state index contributed by atoms with van der Waals surface area (Å²) in [6, 6.07) is 6.29. The molecule has 3 heterocycles. The molecule has 29 heavy (non-hydrogen) atoms. The Bertz CT molecular complexity index is 947. The van der Waals surface area contributed by atoms with Crippen LogP contribution in [0.15, 0.2) is 41.0 Å². The highest BCUT2D eigenvalue weighted by Gasteiger charge is 2.24. The number of aromatic nitrogens is 2. The standard InChI is InChI=1S/C20H26N6O2S/c1-21-19(22-11-15-13-26-6-7-29-20(26)24-15)23-14-4-5-25(12-14)16-8-17(27-2)10-18(9-16)28-3/h6-10,13-14H,4-5,11-12H2,1-3H3,(H2,21,22,23). The Labute approximate surface area is 174 Å². The van der Waals surface area contributed by atoms with Crippen molar-refractivity contribution < 1.29 is 9.47 Å². The average molecular weight is 415 g/mol. The van der Waals surface area contributed by atoms with Gasteiger partial charge in [-0.1, -0.05) is 0 Å². The van der Waals surface area contributed by atoms with Crippen LogP contribution in [-0.2, 0) is 6.54 Å². The second-order valence-corrected chi connectivity index (χ2v) is 7.77. The third kappa shape index (κ3) is 4.40. The molecule has 1 aliphatic heterocycles. The fourth-order valence-electron chi connectivity index (χ4n) is 3.51. The van der Waals surface area contributed by atoms with Crippen molar-refractivity contribution >= 4 is 27.9 Å². The Morgan fingerprint density at radius 1 is 1.28 bits per heavy atom. The number of hydrogen-bond donors (Lipinski definition) is 2. The maximum absolute atomic E-state index is 5.40. The summed E-state index contributed by atoms with van der Waals surface area (Å²) in [6.45, 7) is 2.48. The first-order valence-electron chi connectivity index (χ1n) is 9.55. The number of aliphatic imine (C=N–C) groups is 1. The van der Waals surface area contributed by atoms with Gasteiger partial charge in [0.05, 0.1) is 26.5 Å². The Morgan fingerprint density at radius 3 is 2.76 bits per heavy atom. The lowest BCUT2D eigenvalue weighted by Crippen LogP contribution is -2.44. The molecule has 0 aliphatic carbocycles. The van der Waals surface area contributed by atoms with Gasteiger partial charge >= 0.3 is 0 Å². The van der Waals surface area contributed by atoms with E-state index in [9.17, 15) is 0 Å². The minimum absolute atomic E-state index is 0.309. The van der Waals surface area contributed by atoms with Crippen molar-refractivity contribution in [1.82, 2.24) is 20.0 Å². The molecule has 1 aromatic carbocycles. The van der Waals surface area contributed by atoms with Crippen molar-refractivity contribution in [3.8, 4) is 11.5 Å². The van der Waals surface area contributed by atoms with Gasteiger partial charge in [0, 0.05) is 67.8 Å². The van der Waals surface area contributed by atoms with Crippen molar-refractivity contribution in [2.45, 2.75) is 19.0 Å². The van der Waals surface area contributed by atoms with Gasteiger partial charge in [-0.05, 0) is 6.42 Å². The third-order valence-corrected chi connectivity index (χ3v) is 5.80. The quantitative estimate of drug-likeness (QED) is 0.476. The van der Waals surface area contributed by atoms with E-state index in [-0.39, 0.29) is 0 Å². The summed E-state index contributed by atoms with van der Waals surface area (Å²) in [6.07, 6.45) is 5.09. The van der Waals surface area contributed by atoms with Crippen LogP contribution < -0.4 is 25.0 Å². The molecule has 9 heteroatoms. The van der Waals surface area contributed by atoms with Crippen molar-refractivity contribution in [1.29, 1.82) is 0 Å². The molecule has 154 valence electrons. The van der Waals surface area contributed by atoms with Crippen LogP contribution in [0.25, 0.3) is 4.96 Å². The number of rotatable bonds is 6. The lowest BCUT2D eigenvalue weighted by molar-refractivity contribution is 0.394. The van der Waals surface area contributed by atoms with E-state index < -0.39 is 0 Å². The molecule has 1 aliphatic rings. The van der Waals surface area contributed by atoms with Crippen LogP contribution in [0.1, 0.15) is 12.1 Å². The molecule has 4 rings (SSSR count). The normalized spacial score (nSPS) is 17.0. The number of hydrogen-bond acceptors (Lipinski definition) is 6. The van der Waals surface area contributed by atoms with Gasteiger partial charge in [-0.25, -0.2) is 4.98 Å². The van der Waals surface area contributed by atoms with Gasteiger partial charge in [0.15, 0.2) is 10.9 Å². The number of guanidine groups is 1. The number of nitrogens with one attached hydrogen (secondary N) is 2. The van der Waals surface area contributed by atoms with Crippen molar-refractivity contribution in [3.63, 3.8) is 0 Å². The van der Waals surface area contributed by atoms with Gasteiger partial charge in [0.1, 0.15) is 11.5 Å². The zero-order valence-corrected chi connectivity index (χ0v) is 17.7. The molecule has 8 nitrogen and oxygen atoms in total. The highest BCUT2D eigenvalue weighted by atomic mass is 32.1. The number of fused-ring (bicyclic) bond motifs is 1. The predicted molar refractivity (Wildman–Crippen MR) is 117 cm³/mol. The van der Waals surface area contributed by atoms with Crippen LogP contribution in [0.2, 0.25) is 0 Å². The van der Waals surface area contributed by atoms with E-state index in [2.05, 4.69) is 25.5 Å². The summed E-state index contributed by atoms with van der Waals surface area (Å²) < 4.78 is 12.8. The van der Waals surface area contributed by atoms with E-state index in [1.165, 1.54) is 0 Å². The topological polar surface area (TPSA) is 75.4 Å². The number of benzene rings is 1. The highest BCUT2D eigenvalue weighted by Crippen LogP contribution is 2.30. The maximum atomic E-state index is 5.40. The number of nitrogens with zero attached hydrogens (tertiary/aromatic N) is 4. The fourth-order valence-corrected chi connectivity index (χ4v) is 4.23. The van der Waals surface area contributed by atoms with Gasteiger partial charge in [-0.3, -0.25) is 9.39 Å². The minimum Gasteiger partial charge on any atom is -0.497 e. The van der Waals surface area contributed by atoms with E-state index in [1.807, 2.05) is 40.4 Å². The number of anilines is 1. The Hall–Kier alpha value is -2.94. The van der Waals surface area contributed by atoms with Gasteiger partial charge < -0.3 is 25.0 Å². The lowest BCUT2D eigenvalue weighted by atomic mass is 10.2. The van der Waals surface area contributed by atoms with Crippen molar-refractivity contribution in [2.75, 3.05) is 39.3 Å². The smallest absolute Gasteiger partial charge is 0.193 e. The average Bonchev–Trinajstić information content (AvgIpc) is 3.47. The lowest BCUT2D eigenvalue weighted by Gasteiger charge is -2.21. The first kappa shape index (κ1) is 19.4. The molecule has 1 fully saturated rings. The molecular formula is C20H26N6O2S. The van der Waals surface area contributed by atoms with Crippen LogP contribution in [-0.4, -0.2) is 55.7 Å². The number of methoxy groups -OCH3 is 2. The van der Waals surface area contributed by atoms with Gasteiger partial charge in [0.2, 0.25) is 0 Å². The summed E-state index contributed by atoms with van der Waals surface area (Å²) in [7, 11) is 5.14. The van der Waals surface area contributed by atoms with Gasteiger partial charge in [0.25, 0.3) is 0 Å². The van der Waals surface area contributed by atoms with Crippen LogP contribution in [0.3, 0.4) is 0 Å². The van der Waals surface area contributed by atoms with E-state index in [0.29, 0.717) is 12.6 Å². The van der Waals surface area contributed by atoms with Crippen LogP contribution in [0.4, 0.5) is 5.69 Å². The van der Waals surface area contributed by atoms with Crippen LogP contribution in [0.5, 0.6) is 11.5 Å². The molecule has 1 atom stereocenters. The number of imidazole rings is 1. The summed E-state index contributed by atoms with van der Waals surface area (Å²) >= 11 is 1.63. The van der Waals surface area contributed by atoms with E-state index in [1.54, 1.807) is 32.6 Å². The molecular weight excluding hydrogens is 388 g/mol. The maximum Gasteiger partial charge on any atom is 0.193 e. The number of ether oxygens (including phenoxy) is 2. The molecule has 1 saturated heterocycles. The SMILES string of the molecule is CN=C(NCc1cn2ccsc2n1)NC1CCN(c2cc(OC)cc(OC)c2)C1. The predicted octanol–water partition coefficient (Wildman–Crippen LogP) is 2.36. The summed E-state index contributed by atoms with van der Waals surface area (Å²) in [5.41, 5.74) is 2.10. The van der Waals surface area contributed by atoms with Crippen LogP contribution in [0, 0.1) is 0 Å². The minimum atomic E-state index is 0.309.